The molecule has 3 atom stereocenters. The lowest BCUT2D eigenvalue weighted by Crippen LogP contribution is -2.42. The maximum absolute atomic E-state index is 12.4. The smallest absolute Gasteiger partial charge is 0.251 e. The maximum atomic E-state index is 12.4. The van der Waals surface area contributed by atoms with Crippen LogP contribution in [0.25, 0.3) is 0 Å². The molecule has 7 heteroatoms. The van der Waals surface area contributed by atoms with Crippen molar-refractivity contribution in [2.24, 2.45) is 0 Å². The van der Waals surface area contributed by atoms with Crippen molar-refractivity contribution in [2.75, 3.05) is 0 Å². The van der Waals surface area contributed by atoms with Gasteiger partial charge in [0.15, 0.2) is 5.78 Å². The van der Waals surface area contributed by atoms with E-state index in [1.807, 2.05) is 0 Å². The molecule has 1 amide bonds. The summed E-state index contributed by atoms with van der Waals surface area (Å²) in [6, 6.07) is 9.77. The lowest BCUT2D eigenvalue weighted by molar-refractivity contribution is 0.0930. The van der Waals surface area contributed by atoms with Gasteiger partial charge in [-0.2, -0.15) is 4.37 Å². The number of ether oxygens (including phenoxy) is 1. The summed E-state index contributed by atoms with van der Waals surface area (Å²) >= 11 is 1.11. The molecule has 2 aromatic rings. The quantitative estimate of drug-likeness (QED) is 0.805. The highest BCUT2D eigenvalue weighted by Gasteiger charge is 2.39. The normalized spacial score (nSPS) is 24.3. The third-order valence-corrected chi connectivity index (χ3v) is 5.66. The highest BCUT2D eigenvalue weighted by atomic mass is 32.1. The van der Waals surface area contributed by atoms with E-state index in [2.05, 4.69) is 15.0 Å². The average molecular weight is 357 g/mol. The summed E-state index contributed by atoms with van der Waals surface area (Å²) in [7, 11) is 0. The number of amides is 1. The number of rotatable bonds is 5. The highest BCUT2D eigenvalue weighted by molar-refractivity contribution is 7.08. The Morgan fingerprint density at radius 1 is 1.28 bits per heavy atom. The molecule has 2 N–H and O–H groups in total. The Balaban J connectivity index is 1.37. The van der Waals surface area contributed by atoms with Gasteiger partial charge in [0.25, 0.3) is 5.91 Å². The zero-order valence-electron chi connectivity index (χ0n) is 13.8. The van der Waals surface area contributed by atoms with Gasteiger partial charge in [-0.3, -0.25) is 9.59 Å². The third-order valence-electron chi connectivity index (χ3n) is 4.79. The second kappa shape index (κ2) is 6.57. The molecule has 4 rings (SSSR count). The number of fused-ring (bicyclic) bond motifs is 2. The van der Waals surface area contributed by atoms with Crippen molar-refractivity contribution in [2.45, 2.75) is 44.3 Å². The van der Waals surface area contributed by atoms with Crippen LogP contribution in [0.1, 0.15) is 46.2 Å². The van der Waals surface area contributed by atoms with E-state index in [1.165, 1.54) is 13.3 Å². The summed E-state index contributed by atoms with van der Waals surface area (Å²) in [6.07, 6.45) is 3.36. The van der Waals surface area contributed by atoms with Crippen LogP contribution in [0.15, 0.2) is 30.3 Å². The van der Waals surface area contributed by atoms with Crippen LogP contribution in [0.5, 0.6) is 11.6 Å². The zero-order valence-corrected chi connectivity index (χ0v) is 14.6. The standard InChI is InChI=1S/C18H19N3O3S/c1-10(22)16-9-17(21-25-16)24-13-5-2-11(3-6-13)18(23)20-15-8-12-4-7-14(15)19-12/h2-3,5-6,9,12,14-15,19H,4,7-8H2,1H3,(H,20,23)/t12-,14+,15-/m1/s1. The number of Topliss-reactive ketones (excluding diaryl/α,β-unsaturated/α-hetero) is 1. The van der Waals surface area contributed by atoms with Crippen molar-refractivity contribution in [3.8, 4) is 11.6 Å². The van der Waals surface area contributed by atoms with Crippen LogP contribution in [-0.2, 0) is 0 Å². The number of nitrogens with one attached hydrogen (secondary N) is 2. The van der Waals surface area contributed by atoms with Crippen LogP contribution < -0.4 is 15.4 Å². The Bertz CT molecular complexity index is 802. The Kier molecular flexibility index (Phi) is 4.27. The minimum Gasteiger partial charge on any atom is -0.438 e. The SMILES string of the molecule is CC(=O)c1cc(Oc2ccc(C(=O)N[C@@H]3C[C@H]4CC[C@@H]3N4)cc2)ns1. The van der Waals surface area contributed by atoms with Crippen molar-refractivity contribution in [1.82, 2.24) is 15.0 Å². The van der Waals surface area contributed by atoms with Gasteiger partial charge >= 0.3 is 0 Å². The number of carbonyl (C=O) groups is 2. The van der Waals surface area contributed by atoms with Crippen LogP contribution in [-0.4, -0.2) is 34.2 Å². The molecule has 3 heterocycles. The highest BCUT2D eigenvalue weighted by Crippen LogP contribution is 2.28. The number of nitrogens with zero attached hydrogens (tertiary/aromatic N) is 1. The van der Waals surface area contributed by atoms with Gasteiger partial charge in [-0.25, -0.2) is 0 Å². The predicted octanol–water partition coefficient (Wildman–Crippen LogP) is 2.76. The van der Waals surface area contributed by atoms with Crippen molar-refractivity contribution >= 4 is 23.2 Å². The van der Waals surface area contributed by atoms with E-state index >= 15 is 0 Å². The lowest BCUT2D eigenvalue weighted by Gasteiger charge is -2.21. The van der Waals surface area contributed by atoms with Gasteiger partial charge in [-0.15, -0.1) is 0 Å². The number of hydrogen-bond acceptors (Lipinski definition) is 6. The van der Waals surface area contributed by atoms with Crippen LogP contribution >= 0.6 is 11.5 Å². The molecule has 6 nitrogen and oxygen atoms in total. The number of benzene rings is 1. The molecule has 25 heavy (non-hydrogen) atoms. The Morgan fingerprint density at radius 2 is 2.08 bits per heavy atom. The molecule has 2 saturated heterocycles. The Labute approximate surface area is 149 Å². The average Bonchev–Trinajstić information content (AvgIpc) is 3.32. The minimum absolute atomic E-state index is 0.0329. The molecule has 0 aliphatic carbocycles. The largest absolute Gasteiger partial charge is 0.438 e. The van der Waals surface area contributed by atoms with Gasteiger partial charge in [0.2, 0.25) is 5.88 Å². The first-order chi connectivity index (χ1) is 12.1. The summed E-state index contributed by atoms with van der Waals surface area (Å²) in [5, 5.41) is 6.64. The molecular formula is C18H19N3O3S. The van der Waals surface area contributed by atoms with E-state index in [4.69, 9.17) is 4.74 Å². The summed E-state index contributed by atoms with van der Waals surface area (Å²) in [4.78, 5) is 24.2. The molecule has 2 fully saturated rings. The van der Waals surface area contributed by atoms with E-state index in [0.29, 0.717) is 34.2 Å². The third kappa shape index (κ3) is 3.43. The number of hydrogen-bond donors (Lipinski definition) is 2. The minimum atomic E-state index is -0.0570. The summed E-state index contributed by atoms with van der Waals surface area (Å²) < 4.78 is 9.72. The first-order valence-corrected chi connectivity index (χ1v) is 9.18. The summed E-state index contributed by atoms with van der Waals surface area (Å²) in [5.74, 6) is 0.881. The number of aromatic nitrogens is 1. The van der Waals surface area contributed by atoms with Crippen LogP contribution in [0.4, 0.5) is 0 Å². The zero-order chi connectivity index (χ0) is 17.4. The molecule has 130 valence electrons. The van der Waals surface area contributed by atoms with Crippen molar-refractivity contribution in [1.29, 1.82) is 0 Å². The summed E-state index contributed by atoms with van der Waals surface area (Å²) in [5.41, 5.74) is 0.609. The van der Waals surface area contributed by atoms with E-state index < -0.39 is 0 Å². The van der Waals surface area contributed by atoms with Gasteiger partial charge in [0.05, 0.1) is 4.88 Å². The lowest BCUT2D eigenvalue weighted by atomic mass is 9.95. The fraction of sp³-hybridized carbons (Fsp3) is 0.389. The summed E-state index contributed by atoms with van der Waals surface area (Å²) in [6.45, 7) is 1.50. The Hall–Kier alpha value is -2.25. The van der Waals surface area contributed by atoms with E-state index in [9.17, 15) is 9.59 Å². The van der Waals surface area contributed by atoms with Gasteiger partial charge in [0, 0.05) is 36.7 Å². The van der Waals surface area contributed by atoms with Gasteiger partial charge in [0.1, 0.15) is 5.75 Å². The van der Waals surface area contributed by atoms with Crippen molar-refractivity contribution in [3.63, 3.8) is 0 Å². The molecule has 2 aliphatic rings. The first kappa shape index (κ1) is 16.2. The second-order valence-electron chi connectivity index (χ2n) is 6.58. The van der Waals surface area contributed by atoms with Gasteiger partial charge in [-0.1, -0.05) is 0 Å². The monoisotopic (exact) mass is 357 g/mol. The van der Waals surface area contributed by atoms with E-state index in [-0.39, 0.29) is 17.7 Å². The van der Waals surface area contributed by atoms with Crippen molar-refractivity contribution in [3.05, 3.63) is 40.8 Å². The molecule has 2 aliphatic heterocycles. The number of carbonyl (C=O) groups excluding carboxylic acids is 2. The topological polar surface area (TPSA) is 80.3 Å². The van der Waals surface area contributed by atoms with Crippen LogP contribution in [0.3, 0.4) is 0 Å². The fourth-order valence-electron chi connectivity index (χ4n) is 3.50. The number of ketones is 1. The van der Waals surface area contributed by atoms with Crippen molar-refractivity contribution < 1.29 is 14.3 Å². The van der Waals surface area contributed by atoms with Gasteiger partial charge in [-0.05, 0) is 55.1 Å². The van der Waals surface area contributed by atoms with Crippen LogP contribution in [0.2, 0.25) is 0 Å². The molecule has 0 unspecified atom stereocenters. The van der Waals surface area contributed by atoms with Crippen LogP contribution in [0, 0.1) is 0 Å². The molecule has 0 saturated carbocycles. The Morgan fingerprint density at radius 3 is 2.68 bits per heavy atom. The molecule has 1 aromatic heterocycles. The predicted molar refractivity (Wildman–Crippen MR) is 94.5 cm³/mol. The fourth-order valence-corrected chi connectivity index (χ4v) is 4.06. The maximum Gasteiger partial charge on any atom is 0.251 e. The second-order valence-corrected chi connectivity index (χ2v) is 7.38. The first-order valence-electron chi connectivity index (χ1n) is 8.41. The van der Waals surface area contributed by atoms with E-state index in [0.717, 1.165) is 24.4 Å². The molecule has 1 aromatic carbocycles. The molecular weight excluding hydrogens is 338 g/mol. The molecule has 0 radical (unpaired) electrons. The van der Waals surface area contributed by atoms with E-state index in [1.54, 1.807) is 30.3 Å². The van der Waals surface area contributed by atoms with Gasteiger partial charge < -0.3 is 15.4 Å². The molecule has 2 bridgehead atoms. The molecule has 0 spiro atoms.